The van der Waals surface area contributed by atoms with Crippen LogP contribution in [-0.2, 0) is 0 Å². The number of hydrogen-bond donors (Lipinski definition) is 0. The second kappa shape index (κ2) is 9.36. The van der Waals surface area contributed by atoms with E-state index in [9.17, 15) is 0 Å². The molecule has 6 heteroatoms. The molecule has 0 N–H and O–H groups in total. The van der Waals surface area contributed by atoms with Crippen LogP contribution in [0.25, 0.3) is 32.3 Å². The third-order valence-electron chi connectivity index (χ3n) is 5.91. The average Bonchev–Trinajstić information content (AvgIpc) is 3.71. The summed E-state index contributed by atoms with van der Waals surface area (Å²) < 4.78 is 33.1. The summed E-state index contributed by atoms with van der Waals surface area (Å²) in [4.78, 5) is 0. The standard InChI is InChI=1S/C33H12O6/c1-2-8-23-14-29-31(37-20-35-29)16-25(23)10-5-6-12-27-18-33-32(38-21-39-33)17-26(27)11-4-3-9-24-15-30-28(34-19-36-30)13-22(24)7-1/h13-18H,19-21H2. The van der Waals surface area contributed by atoms with Gasteiger partial charge in [-0.25, -0.2) is 0 Å². The zero-order valence-electron chi connectivity index (χ0n) is 20.0. The zero-order chi connectivity index (χ0) is 26.0. The van der Waals surface area contributed by atoms with Gasteiger partial charge in [-0.15, -0.1) is 0 Å². The van der Waals surface area contributed by atoms with E-state index < -0.39 is 0 Å². The van der Waals surface area contributed by atoms with Crippen molar-refractivity contribution in [1.82, 2.24) is 0 Å². The Balaban J connectivity index is 1.49. The van der Waals surface area contributed by atoms with Crippen molar-refractivity contribution in [2.45, 2.75) is 0 Å². The van der Waals surface area contributed by atoms with Crippen molar-refractivity contribution >= 4 is 32.3 Å². The maximum absolute atomic E-state index is 5.52. The van der Waals surface area contributed by atoms with E-state index in [1.54, 1.807) is 36.4 Å². The molecular formula is C33H12O6. The maximum atomic E-state index is 5.52. The first-order valence-corrected chi connectivity index (χ1v) is 11.7. The molecule has 0 saturated carbocycles. The Hall–Kier alpha value is -6.18. The van der Waals surface area contributed by atoms with Gasteiger partial charge in [-0.3, -0.25) is 0 Å². The fraction of sp³-hybridized carbons (Fsp3) is 0.0909. The van der Waals surface area contributed by atoms with Crippen LogP contribution in [-0.4, -0.2) is 20.4 Å². The Morgan fingerprint density at radius 1 is 0.308 bits per heavy atom. The molecule has 0 fully saturated rings. The Bertz CT molecular complexity index is 1470. The van der Waals surface area contributed by atoms with Crippen molar-refractivity contribution in [3.05, 3.63) is 109 Å². The molecule has 39 heavy (non-hydrogen) atoms. The molecule has 3 aliphatic rings. The largest absolute Gasteiger partial charge is 0.454 e. The zero-order valence-corrected chi connectivity index (χ0v) is 20.0. The summed E-state index contributed by atoms with van der Waals surface area (Å²) in [6.07, 6.45) is 0. The highest BCUT2D eigenvalue weighted by Gasteiger charge is 2.15. The first-order chi connectivity index (χ1) is 19.3. The topological polar surface area (TPSA) is 55.4 Å². The third-order valence-corrected chi connectivity index (χ3v) is 5.91. The normalized spacial score (nSPS) is 12.3. The van der Waals surface area contributed by atoms with Crippen molar-refractivity contribution in [1.29, 1.82) is 0 Å². The SMILES string of the molecule is c1c#cc2cc3c(cc2c#cc#cc2cc4c(cc2c#cc#cc2cc5c(cc2c#1)OCO5)OCO4)OCO3. The van der Waals surface area contributed by atoms with Crippen LogP contribution >= 0.6 is 0 Å². The minimum atomic E-state index is 0.139. The quantitative estimate of drug-likeness (QED) is 0.324. The lowest BCUT2D eigenvalue weighted by atomic mass is 10.2. The van der Waals surface area contributed by atoms with Crippen LogP contribution in [0.3, 0.4) is 0 Å². The van der Waals surface area contributed by atoms with Gasteiger partial charge in [0, 0.05) is 68.7 Å². The number of hydrogen-bond acceptors (Lipinski definition) is 6. The van der Waals surface area contributed by atoms with E-state index in [1.165, 1.54) is 0 Å². The van der Waals surface area contributed by atoms with Gasteiger partial charge in [0.05, 0.1) is 0 Å². The molecular weight excluding hydrogens is 492 g/mol. The molecule has 0 unspecified atom stereocenters. The summed E-state index contributed by atoms with van der Waals surface area (Å²) in [5, 5.41) is 3.86. The van der Waals surface area contributed by atoms with Crippen molar-refractivity contribution in [3.8, 4) is 34.5 Å². The average molecular weight is 504 g/mol. The molecule has 0 aromatic heterocycles. The van der Waals surface area contributed by atoms with E-state index in [0.717, 1.165) is 0 Å². The Morgan fingerprint density at radius 2 is 0.487 bits per heavy atom. The van der Waals surface area contributed by atoms with Crippen molar-refractivity contribution in [2.24, 2.45) is 0 Å². The number of fused-ring (bicyclic) bond motifs is 6. The number of ether oxygens (including phenoxy) is 6. The van der Waals surface area contributed by atoms with Crippen molar-refractivity contribution in [2.75, 3.05) is 20.4 Å². The molecule has 0 bridgehead atoms. The molecule has 0 aliphatic carbocycles. The van der Waals surface area contributed by atoms with Crippen molar-refractivity contribution < 1.29 is 28.4 Å². The molecule has 6 nitrogen and oxygen atoms in total. The van der Waals surface area contributed by atoms with Crippen LogP contribution in [0.5, 0.6) is 34.5 Å². The molecule has 0 spiro atoms. The van der Waals surface area contributed by atoms with Gasteiger partial charge >= 0.3 is 0 Å². The van der Waals surface area contributed by atoms with E-state index in [4.69, 9.17) is 28.4 Å². The lowest BCUT2D eigenvalue weighted by Gasteiger charge is -1.94. The Morgan fingerprint density at radius 3 is 0.667 bits per heavy atom. The molecule has 180 valence electrons. The smallest absolute Gasteiger partial charge is 0.231 e. The fourth-order valence-corrected chi connectivity index (χ4v) is 4.04. The first kappa shape index (κ1) is 22.1. The summed E-state index contributed by atoms with van der Waals surface area (Å²) in [5.41, 5.74) is 0. The Labute approximate surface area is 224 Å². The summed E-state index contributed by atoms with van der Waals surface area (Å²) in [7, 11) is 0. The predicted octanol–water partition coefficient (Wildman–Crippen LogP) is 5.31. The molecule has 0 atom stereocenters. The molecule has 0 saturated heterocycles. The molecule has 4 aromatic carbocycles. The van der Waals surface area contributed by atoms with E-state index >= 15 is 0 Å². The maximum Gasteiger partial charge on any atom is 0.231 e. The third kappa shape index (κ3) is 4.33. The van der Waals surface area contributed by atoms with Gasteiger partial charge in [0.25, 0.3) is 0 Å². The molecule has 7 rings (SSSR count). The van der Waals surface area contributed by atoms with Gasteiger partial charge in [-0.2, -0.15) is 0 Å². The fourth-order valence-electron chi connectivity index (χ4n) is 4.04. The van der Waals surface area contributed by atoms with Crippen LogP contribution in [0.15, 0.2) is 36.4 Å². The Kier molecular flexibility index (Phi) is 5.29. The van der Waals surface area contributed by atoms with Gasteiger partial charge in [0.1, 0.15) is 0 Å². The summed E-state index contributed by atoms with van der Waals surface area (Å²) >= 11 is 0. The minimum absolute atomic E-state index is 0.139. The van der Waals surface area contributed by atoms with Gasteiger partial charge in [0.2, 0.25) is 20.4 Å². The van der Waals surface area contributed by atoms with Gasteiger partial charge in [-0.05, 0) is 36.4 Å². The van der Waals surface area contributed by atoms with Crippen LogP contribution < -0.4 is 28.4 Å². The number of rotatable bonds is 0. The summed E-state index contributed by atoms with van der Waals surface area (Å²) in [5.74, 6) is 3.60. The molecule has 0 radical (unpaired) electrons. The highest BCUT2D eigenvalue weighted by Crippen LogP contribution is 2.36. The molecule has 3 heterocycles. The number of benzene rings is 3. The van der Waals surface area contributed by atoms with Crippen molar-refractivity contribution in [3.63, 3.8) is 0 Å². The second-order valence-corrected chi connectivity index (χ2v) is 8.25. The summed E-state index contributed by atoms with van der Waals surface area (Å²) in [6, 6.07) is 46.5. The second-order valence-electron chi connectivity index (χ2n) is 8.25. The van der Waals surface area contributed by atoms with Crippen LogP contribution in [0.1, 0.15) is 0 Å². The van der Waals surface area contributed by atoms with Crippen LogP contribution in [0, 0.1) is 72.8 Å². The van der Waals surface area contributed by atoms with E-state index in [0.29, 0.717) is 66.8 Å². The summed E-state index contributed by atoms with van der Waals surface area (Å²) in [6.45, 7) is 0.418. The van der Waals surface area contributed by atoms with Crippen LogP contribution in [0.4, 0.5) is 0 Å². The van der Waals surface area contributed by atoms with E-state index in [1.807, 2.05) is 0 Å². The minimum Gasteiger partial charge on any atom is -0.454 e. The molecule has 3 aliphatic heterocycles. The first-order valence-electron chi connectivity index (χ1n) is 11.7. The van der Waals surface area contributed by atoms with Gasteiger partial charge in [-0.1, -0.05) is 36.4 Å². The molecule has 4 aromatic rings. The molecule has 0 amide bonds. The van der Waals surface area contributed by atoms with E-state index in [-0.39, 0.29) is 20.4 Å². The lowest BCUT2D eigenvalue weighted by Crippen LogP contribution is -1.92. The van der Waals surface area contributed by atoms with Gasteiger partial charge in [0.15, 0.2) is 34.5 Å². The highest BCUT2D eigenvalue weighted by atomic mass is 16.7. The van der Waals surface area contributed by atoms with Crippen LogP contribution in [0.2, 0.25) is 0 Å². The highest BCUT2D eigenvalue weighted by molar-refractivity contribution is 5.85. The lowest BCUT2D eigenvalue weighted by molar-refractivity contribution is 0.173. The van der Waals surface area contributed by atoms with E-state index in [2.05, 4.69) is 72.8 Å². The predicted molar refractivity (Wildman–Crippen MR) is 136 cm³/mol. The van der Waals surface area contributed by atoms with Gasteiger partial charge < -0.3 is 28.4 Å². The monoisotopic (exact) mass is 504 g/mol.